The third-order valence-electron chi connectivity index (χ3n) is 3.89. The highest BCUT2D eigenvalue weighted by Crippen LogP contribution is 2.26. The highest BCUT2D eigenvalue weighted by atomic mass is 79.9. The standard InChI is InChI=1S/C19H21BrN2O2/c1-12-9-10-15(13(2)11-12)21-17(23)19(3,4)18(24)22-16-8-6-5-7-14(16)20/h5-11H,1-4H3,(H,21,23)(H,22,24). The van der Waals surface area contributed by atoms with E-state index in [1.54, 1.807) is 19.9 Å². The van der Waals surface area contributed by atoms with E-state index in [4.69, 9.17) is 0 Å². The lowest BCUT2D eigenvalue weighted by Gasteiger charge is -2.23. The Morgan fingerprint density at radius 3 is 2.08 bits per heavy atom. The summed E-state index contributed by atoms with van der Waals surface area (Å²) < 4.78 is 0.768. The minimum absolute atomic E-state index is 0.348. The number of hydrogen-bond acceptors (Lipinski definition) is 2. The molecule has 0 aliphatic heterocycles. The Morgan fingerprint density at radius 2 is 1.50 bits per heavy atom. The normalized spacial score (nSPS) is 11.0. The fourth-order valence-corrected chi connectivity index (χ4v) is 2.56. The van der Waals surface area contributed by atoms with Gasteiger partial charge in [0.05, 0.1) is 5.69 Å². The molecule has 4 nitrogen and oxygen atoms in total. The molecule has 0 saturated carbocycles. The van der Waals surface area contributed by atoms with Gasteiger partial charge in [0.1, 0.15) is 5.41 Å². The largest absolute Gasteiger partial charge is 0.325 e. The molecule has 0 atom stereocenters. The van der Waals surface area contributed by atoms with Gasteiger partial charge in [0, 0.05) is 10.2 Å². The van der Waals surface area contributed by atoms with E-state index in [0.29, 0.717) is 11.4 Å². The van der Waals surface area contributed by atoms with Crippen LogP contribution in [-0.4, -0.2) is 11.8 Å². The van der Waals surface area contributed by atoms with Crippen molar-refractivity contribution in [2.45, 2.75) is 27.7 Å². The summed E-state index contributed by atoms with van der Waals surface area (Å²) in [4.78, 5) is 25.2. The summed E-state index contributed by atoms with van der Waals surface area (Å²) in [5.74, 6) is -0.712. The summed E-state index contributed by atoms with van der Waals surface area (Å²) >= 11 is 3.38. The summed E-state index contributed by atoms with van der Waals surface area (Å²) in [7, 11) is 0. The lowest BCUT2D eigenvalue weighted by Crippen LogP contribution is -2.41. The Balaban J connectivity index is 2.14. The van der Waals surface area contributed by atoms with Crippen LogP contribution < -0.4 is 10.6 Å². The number of anilines is 2. The predicted octanol–water partition coefficient (Wildman–Crippen LogP) is 4.67. The molecular formula is C19H21BrN2O2. The van der Waals surface area contributed by atoms with Crippen LogP contribution in [0.5, 0.6) is 0 Å². The van der Waals surface area contributed by atoms with Gasteiger partial charge in [-0.25, -0.2) is 0 Å². The monoisotopic (exact) mass is 388 g/mol. The molecule has 2 N–H and O–H groups in total. The minimum atomic E-state index is -1.22. The molecule has 2 aromatic rings. The summed E-state index contributed by atoms with van der Waals surface area (Å²) in [5, 5.41) is 5.64. The molecule has 2 aromatic carbocycles. The zero-order valence-electron chi connectivity index (χ0n) is 14.2. The average Bonchev–Trinajstić information content (AvgIpc) is 2.52. The van der Waals surface area contributed by atoms with E-state index < -0.39 is 5.41 Å². The molecule has 2 amide bonds. The Labute approximate surface area is 150 Å². The molecule has 0 fully saturated rings. The van der Waals surface area contributed by atoms with E-state index in [-0.39, 0.29) is 11.8 Å². The SMILES string of the molecule is Cc1ccc(NC(=O)C(C)(C)C(=O)Nc2ccccc2Br)c(C)c1. The quantitative estimate of drug-likeness (QED) is 0.747. The topological polar surface area (TPSA) is 58.2 Å². The van der Waals surface area contributed by atoms with Crippen molar-refractivity contribution in [2.75, 3.05) is 10.6 Å². The molecule has 0 saturated heterocycles. The highest BCUT2D eigenvalue weighted by molar-refractivity contribution is 9.10. The van der Waals surface area contributed by atoms with Crippen LogP contribution in [0.25, 0.3) is 0 Å². The fourth-order valence-electron chi connectivity index (χ4n) is 2.18. The average molecular weight is 389 g/mol. The van der Waals surface area contributed by atoms with Gasteiger partial charge < -0.3 is 10.6 Å². The van der Waals surface area contributed by atoms with Crippen LogP contribution in [0, 0.1) is 19.3 Å². The van der Waals surface area contributed by atoms with Crippen LogP contribution in [-0.2, 0) is 9.59 Å². The van der Waals surface area contributed by atoms with Gasteiger partial charge in [-0.2, -0.15) is 0 Å². The van der Waals surface area contributed by atoms with E-state index in [9.17, 15) is 9.59 Å². The number of carbonyl (C=O) groups is 2. The number of aryl methyl sites for hydroxylation is 2. The van der Waals surface area contributed by atoms with Crippen molar-refractivity contribution < 1.29 is 9.59 Å². The van der Waals surface area contributed by atoms with Crippen LogP contribution in [0.15, 0.2) is 46.9 Å². The molecule has 0 radical (unpaired) electrons. The maximum absolute atomic E-state index is 12.6. The molecule has 5 heteroatoms. The van der Waals surface area contributed by atoms with Crippen molar-refractivity contribution in [3.63, 3.8) is 0 Å². The summed E-state index contributed by atoms with van der Waals surface area (Å²) in [6.07, 6.45) is 0. The van der Waals surface area contributed by atoms with Crippen LogP contribution in [0.2, 0.25) is 0 Å². The van der Waals surface area contributed by atoms with E-state index in [1.165, 1.54) is 0 Å². The zero-order valence-corrected chi connectivity index (χ0v) is 15.8. The third-order valence-corrected chi connectivity index (χ3v) is 4.58. The molecule has 0 heterocycles. The number of para-hydroxylation sites is 1. The molecule has 0 bridgehead atoms. The van der Waals surface area contributed by atoms with Crippen molar-refractivity contribution in [1.29, 1.82) is 0 Å². The van der Waals surface area contributed by atoms with Crippen molar-refractivity contribution >= 4 is 39.1 Å². The number of halogens is 1. The molecule has 0 spiro atoms. The van der Waals surface area contributed by atoms with Gasteiger partial charge in [0.2, 0.25) is 11.8 Å². The first kappa shape index (κ1) is 18.2. The third kappa shape index (κ3) is 4.03. The van der Waals surface area contributed by atoms with Gasteiger partial charge in [-0.1, -0.05) is 29.8 Å². The second-order valence-corrected chi connectivity index (χ2v) is 7.19. The van der Waals surface area contributed by atoms with Crippen molar-refractivity contribution in [3.05, 3.63) is 58.1 Å². The van der Waals surface area contributed by atoms with Crippen molar-refractivity contribution in [1.82, 2.24) is 0 Å². The first-order valence-electron chi connectivity index (χ1n) is 7.66. The number of rotatable bonds is 4. The molecule has 2 rings (SSSR count). The van der Waals surface area contributed by atoms with Gasteiger partial charge in [-0.15, -0.1) is 0 Å². The first-order valence-corrected chi connectivity index (χ1v) is 8.46. The Bertz CT molecular complexity index is 785. The summed E-state index contributed by atoms with van der Waals surface area (Å²) in [6.45, 7) is 7.14. The van der Waals surface area contributed by atoms with Crippen LogP contribution in [0.4, 0.5) is 11.4 Å². The van der Waals surface area contributed by atoms with E-state index in [0.717, 1.165) is 15.6 Å². The lowest BCUT2D eigenvalue weighted by molar-refractivity contribution is -0.135. The Hall–Kier alpha value is -2.14. The second-order valence-electron chi connectivity index (χ2n) is 6.33. The van der Waals surface area contributed by atoms with Crippen LogP contribution >= 0.6 is 15.9 Å². The molecule has 0 unspecified atom stereocenters. The van der Waals surface area contributed by atoms with E-state index in [2.05, 4.69) is 26.6 Å². The molecule has 0 aliphatic carbocycles. The van der Waals surface area contributed by atoms with E-state index >= 15 is 0 Å². The maximum Gasteiger partial charge on any atom is 0.239 e. The minimum Gasteiger partial charge on any atom is -0.325 e. The van der Waals surface area contributed by atoms with Crippen molar-refractivity contribution in [2.24, 2.45) is 5.41 Å². The molecule has 0 aliphatic rings. The van der Waals surface area contributed by atoms with Gasteiger partial charge in [-0.05, 0) is 67.4 Å². The number of amides is 2. The second kappa shape index (κ2) is 7.18. The Morgan fingerprint density at radius 1 is 0.917 bits per heavy atom. The molecule has 126 valence electrons. The molecule has 0 aromatic heterocycles. The van der Waals surface area contributed by atoms with Crippen molar-refractivity contribution in [3.8, 4) is 0 Å². The van der Waals surface area contributed by atoms with Crippen LogP contribution in [0.3, 0.4) is 0 Å². The van der Waals surface area contributed by atoms with Crippen LogP contribution in [0.1, 0.15) is 25.0 Å². The summed E-state index contributed by atoms with van der Waals surface area (Å²) in [6, 6.07) is 13.1. The molecule has 24 heavy (non-hydrogen) atoms. The molecular weight excluding hydrogens is 368 g/mol. The predicted molar refractivity (Wildman–Crippen MR) is 101 cm³/mol. The zero-order chi connectivity index (χ0) is 17.9. The smallest absolute Gasteiger partial charge is 0.239 e. The number of benzene rings is 2. The Kier molecular flexibility index (Phi) is 5.44. The van der Waals surface area contributed by atoms with E-state index in [1.807, 2.05) is 50.2 Å². The highest BCUT2D eigenvalue weighted by Gasteiger charge is 2.36. The lowest BCUT2D eigenvalue weighted by atomic mass is 9.90. The number of hydrogen-bond donors (Lipinski definition) is 2. The van der Waals surface area contributed by atoms with Gasteiger partial charge in [0.25, 0.3) is 0 Å². The van der Waals surface area contributed by atoms with Gasteiger partial charge >= 0.3 is 0 Å². The number of nitrogens with one attached hydrogen (secondary N) is 2. The first-order chi connectivity index (χ1) is 11.2. The summed E-state index contributed by atoms with van der Waals surface area (Å²) in [5.41, 5.74) is 2.22. The fraction of sp³-hybridized carbons (Fsp3) is 0.263. The maximum atomic E-state index is 12.6. The van der Waals surface area contributed by atoms with Gasteiger partial charge in [0.15, 0.2) is 0 Å². The number of carbonyl (C=O) groups excluding carboxylic acids is 2. The van der Waals surface area contributed by atoms with Gasteiger partial charge in [-0.3, -0.25) is 9.59 Å².